The molecule has 0 unspecified atom stereocenters. The van der Waals surface area contributed by atoms with Gasteiger partial charge < -0.3 is 15.0 Å². The molecule has 2 heterocycles. The molecule has 7 heteroatoms. The van der Waals surface area contributed by atoms with Gasteiger partial charge >= 0.3 is 0 Å². The van der Waals surface area contributed by atoms with E-state index < -0.39 is 0 Å². The fourth-order valence-electron chi connectivity index (χ4n) is 2.85. The molecule has 0 atom stereocenters. The van der Waals surface area contributed by atoms with Crippen molar-refractivity contribution in [1.29, 1.82) is 0 Å². The van der Waals surface area contributed by atoms with Crippen LogP contribution in [-0.2, 0) is 6.54 Å². The van der Waals surface area contributed by atoms with Crippen molar-refractivity contribution in [3.8, 4) is 5.75 Å². The van der Waals surface area contributed by atoms with Crippen molar-refractivity contribution in [1.82, 2.24) is 15.2 Å². The predicted octanol–water partition coefficient (Wildman–Crippen LogP) is 2.09. The zero-order valence-electron chi connectivity index (χ0n) is 13.3. The van der Waals surface area contributed by atoms with Crippen molar-refractivity contribution in [3.63, 3.8) is 0 Å². The average molecular weight is 360 g/mol. The summed E-state index contributed by atoms with van der Waals surface area (Å²) in [6.45, 7) is 6.68. The molecule has 0 aliphatic carbocycles. The van der Waals surface area contributed by atoms with Gasteiger partial charge in [-0.3, -0.25) is 9.69 Å². The Bertz CT molecular complexity index is 712. The maximum Gasteiger partial charge on any atom is 0.253 e. The van der Waals surface area contributed by atoms with E-state index in [2.05, 4.69) is 22.1 Å². The fourth-order valence-corrected chi connectivity index (χ4v) is 2.85. The molecule has 1 aromatic carbocycles. The summed E-state index contributed by atoms with van der Waals surface area (Å²) in [7, 11) is 1.62. The van der Waals surface area contributed by atoms with Gasteiger partial charge in [0.15, 0.2) is 0 Å². The minimum Gasteiger partial charge on any atom is -0.495 e. The monoisotopic (exact) mass is 359 g/mol. The summed E-state index contributed by atoms with van der Waals surface area (Å²) in [5.74, 6) is 0.710. The smallest absolute Gasteiger partial charge is 0.253 e. The Kier molecular flexibility index (Phi) is 7.35. The molecule has 0 amide bonds. The van der Waals surface area contributed by atoms with Gasteiger partial charge in [0.1, 0.15) is 5.75 Å². The molecule has 5 nitrogen and oxygen atoms in total. The van der Waals surface area contributed by atoms with Gasteiger partial charge in [-0.25, -0.2) is 0 Å². The molecular formula is C16H23Cl2N3O2. The van der Waals surface area contributed by atoms with Crippen LogP contribution >= 0.6 is 24.8 Å². The van der Waals surface area contributed by atoms with Crippen molar-refractivity contribution in [2.24, 2.45) is 0 Å². The Hall–Kier alpha value is -1.27. The first-order chi connectivity index (χ1) is 10.2. The first-order valence-corrected chi connectivity index (χ1v) is 7.31. The topological polar surface area (TPSA) is 57.4 Å². The molecule has 0 saturated carbocycles. The van der Waals surface area contributed by atoms with Crippen LogP contribution in [0, 0.1) is 6.92 Å². The Morgan fingerprint density at radius 2 is 1.91 bits per heavy atom. The standard InChI is InChI=1S/C16H21N3O2.2ClH/c1-11-3-4-14(21-2)15-13(11)9-12(16(20)18-15)10-19-7-5-17-6-8-19;;/h3-4,9,17H,5-8,10H2,1-2H3,(H,18,20);2*1H. The number of pyridine rings is 1. The van der Waals surface area contributed by atoms with Gasteiger partial charge in [0.25, 0.3) is 5.56 Å². The lowest BCUT2D eigenvalue weighted by atomic mass is 10.1. The van der Waals surface area contributed by atoms with Crippen molar-refractivity contribution in [2.45, 2.75) is 13.5 Å². The number of piperazine rings is 1. The van der Waals surface area contributed by atoms with Crippen LogP contribution in [0.4, 0.5) is 0 Å². The lowest BCUT2D eigenvalue weighted by molar-refractivity contribution is 0.232. The minimum absolute atomic E-state index is 0. The number of aryl methyl sites for hydroxylation is 1. The number of nitrogens with one attached hydrogen (secondary N) is 2. The number of ether oxygens (including phenoxy) is 1. The van der Waals surface area contributed by atoms with E-state index in [1.807, 2.05) is 18.2 Å². The predicted molar refractivity (Wildman–Crippen MR) is 98.5 cm³/mol. The fraction of sp³-hybridized carbons (Fsp3) is 0.438. The number of hydrogen-bond acceptors (Lipinski definition) is 4. The second-order valence-corrected chi connectivity index (χ2v) is 5.52. The quantitative estimate of drug-likeness (QED) is 0.880. The summed E-state index contributed by atoms with van der Waals surface area (Å²) in [6.07, 6.45) is 0. The molecule has 0 spiro atoms. The van der Waals surface area contributed by atoms with Crippen LogP contribution in [-0.4, -0.2) is 43.2 Å². The number of aromatic nitrogens is 1. The first-order valence-electron chi connectivity index (χ1n) is 7.31. The summed E-state index contributed by atoms with van der Waals surface area (Å²) in [5, 5.41) is 4.38. The van der Waals surface area contributed by atoms with Gasteiger partial charge in [-0.2, -0.15) is 0 Å². The Morgan fingerprint density at radius 3 is 2.57 bits per heavy atom. The highest BCUT2D eigenvalue weighted by atomic mass is 35.5. The third-order valence-corrected chi connectivity index (χ3v) is 4.10. The van der Waals surface area contributed by atoms with E-state index in [1.54, 1.807) is 7.11 Å². The van der Waals surface area contributed by atoms with Crippen molar-refractivity contribution in [3.05, 3.63) is 39.7 Å². The van der Waals surface area contributed by atoms with E-state index in [4.69, 9.17) is 4.74 Å². The van der Waals surface area contributed by atoms with E-state index in [-0.39, 0.29) is 30.4 Å². The number of aromatic amines is 1. The van der Waals surface area contributed by atoms with E-state index in [9.17, 15) is 4.79 Å². The molecule has 2 aromatic rings. The maximum atomic E-state index is 12.3. The van der Waals surface area contributed by atoms with Crippen molar-refractivity contribution < 1.29 is 4.74 Å². The highest BCUT2D eigenvalue weighted by Gasteiger charge is 2.14. The molecule has 2 N–H and O–H groups in total. The number of benzene rings is 1. The van der Waals surface area contributed by atoms with Crippen molar-refractivity contribution in [2.75, 3.05) is 33.3 Å². The largest absolute Gasteiger partial charge is 0.495 e. The number of fused-ring (bicyclic) bond motifs is 1. The summed E-state index contributed by atoms with van der Waals surface area (Å²) in [4.78, 5) is 17.6. The van der Waals surface area contributed by atoms with Crippen LogP contribution in [0.3, 0.4) is 0 Å². The molecule has 0 bridgehead atoms. The number of methoxy groups -OCH3 is 1. The lowest BCUT2D eigenvalue weighted by Gasteiger charge is -2.27. The third kappa shape index (κ3) is 4.18. The van der Waals surface area contributed by atoms with Gasteiger partial charge in [0.2, 0.25) is 0 Å². The van der Waals surface area contributed by atoms with Gasteiger partial charge in [-0.15, -0.1) is 24.8 Å². The molecule has 23 heavy (non-hydrogen) atoms. The van der Waals surface area contributed by atoms with Gasteiger partial charge in [0.05, 0.1) is 12.6 Å². The van der Waals surface area contributed by atoms with Crippen molar-refractivity contribution >= 4 is 35.7 Å². The highest BCUT2D eigenvalue weighted by Crippen LogP contribution is 2.26. The van der Waals surface area contributed by atoms with Crippen LogP contribution in [0.25, 0.3) is 10.9 Å². The van der Waals surface area contributed by atoms with E-state index in [0.29, 0.717) is 12.3 Å². The Balaban J connectivity index is 0.00000132. The van der Waals surface area contributed by atoms with Gasteiger partial charge in [0, 0.05) is 43.7 Å². The minimum atomic E-state index is -0.0232. The second-order valence-electron chi connectivity index (χ2n) is 5.52. The number of H-pyrrole nitrogens is 1. The summed E-state index contributed by atoms with van der Waals surface area (Å²) in [5.41, 5.74) is 2.72. The Morgan fingerprint density at radius 1 is 1.22 bits per heavy atom. The van der Waals surface area contributed by atoms with Crippen LogP contribution in [0.15, 0.2) is 23.0 Å². The first kappa shape index (κ1) is 19.8. The number of hydrogen-bond donors (Lipinski definition) is 2. The molecular weight excluding hydrogens is 337 g/mol. The average Bonchev–Trinajstić information content (AvgIpc) is 2.50. The summed E-state index contributed by atoms with van der Waals surface area (Å²) >= 11 is 0. The Labute approximate surface area is 148 Å². The number of halogens is 2. The van der Waals surface area contributed by atoms with Crippen LogP contribution in [0.5, 0.6) is 5.75 Å². The zero-order chi connectivity index (χ0) is 14.8. The molecule has 1 fully saturated rings. The molecule has 128 valence electrons. The second kappa shape index (κ2) is 8.55. The van der Waals surface area contributed by atoms with E-state index in [0.717, 1.165) is 48.2 Å². The molecule has 1 saturated heterocycles. The lowest BCUT2D eigenvalue weighted by Crippen LogP contribution is -2.43. The number of rotatable bonds is 3. The molecule has 0 radical (unpaired) electrons. The van der Waals surface area contributed by atoms with Crippen LogP contribution < -0.4 is 15.6 Å². The highest BCUT2D eigenvalue weighted by molar-refractivity contribution is 5.87. The molecule has 3 rings (SSSR count). The molecule has 1 aromatic heterocycles. The summed E-state index contributed by atoms with van der Waals surface area (Å²) < 4.78 is 5.34. The SMILES string of the molecule is COc1ccc(C)c2cc(CN3CCNCC3)c(=O)[nH]c12.Cl.Cl. The normalized spacial score (nSPS) is 14.9. The number of nitrogens with zero attached hydrogens (tertiary/aromatic N) is 1. The molecule has 1 aliphatic rings. The van der Waals surface area contributed by atoms with E-state index in [1.165, 1.54) is 0 Å². The van der Waals surface area contributed by atoms with Crippen LogP contribution in [0.1, 0.15) is 11.1 Å². The zero-order valence-corrected chi connectivity index (χ0v) is 15.0. The maximum absolute atomic E-state index is 12.3. The van der Waals surface area contributed by atoms with Crippen LogP contribution in [0.2, 0.25) is 0 Å². The molecule has 1 aliphatic heterocycles. The van der Waals surface area contributed by atoms with Gasteiger partial charge in [-0.1, -0.05) is 6.07 Å². The van der Waals surface area contributed by atoms with E-state index >= 15 is 0 Å². The van der Waals surface area contributed by atoms with Gasteiger partial charge in [-0.05, 0) is 24.6 Å². The third-order valence-electron chi connectivity index (χ3n) is 4.10. The summed E-state index contributed by atoms with van der Waals surface area (Å²) in [6, 6.07) is 5.92.